The van der Waals surface area contributed by atoms with Crippen molar-refractivity contribution in [3.63, 3.8) is 0 Å². The quantitative estimate of drug-likeness (QED) is 0.671. The van der Waals surface area contributed by atoms with Crippen molar-refractivity contribution in [3.05, 3.63) is 83.7 Å². The Morgan fingerprint density at radius 1 is 1.00 bits per heavy atom. The highest BCUT2D eigenvalue weighted by Gasteiger charge is 2.20. The largest absolute Gasteiger partial charge is 0.337 e. The first-order chi connectivity index (χ1) is 13.3. The van der Waals surface area contributed by atoms with Gasteiger partial charge in [0, 0.05) is 44.7 Å². The van der Waals surface area contributed by atoms with Crippen LogP contribution in [0.5, 0.6) is 0 Å². The fourth-order valence-electron chi connectivity index (χ4n) is 3.25. The van der Waals surface area contributed by atoms with Crippen LogP contribution in [0.25, 0.3) is 6.08 Å². The normalized spacial score (nSPS) is 14.1. The van der Waals surface area contributed by atoms with Crippen molar-refractivity contribution in [2.45, 2.75) is 19.4 Å². The Bertz CT molecular complexity index is 934. The van der Waals surface area contributed by atoms with Gasteiger partial charge in [0.15, 0.2) is 0 Å². The van der Waals surface area contributed by atoms with E-state index in [1.54, 1.807) is 18.3 Å². The summed E-state index contributed by atoms with van der Waals surface area (Å²) in [7, 11) is 0. The molecule has 0 atom stereocenters. The summed E-state index contributed by atoms with van der Waals surface area (Å²) in [5.41, 5.74) is 1.99. The maximum atomic E-state index is 12.5. The lowest BCUT2D eigenvalue weighted by Crippen LogP contribution is -2.32. The SMILES string of the molecule is O=C(/C=C/c1ccccn1)N1CCc2nnc(Cc3ccccc3)n2CC1. The molecular formula is C21H21N5O. The van der Waals surface area contributed by atoms with Crippen molar-refractivity contribution in [1.29, 1.82) is 0 Å². The number of carbonyl (C=O) groups excluding carboxylic acids is 1. The number of hydrogen-bond donors (Lipinski definition) is 0. The Morgan fingerprint density at radius 2 is 1.85 bits per heavy atom. The van der Waals surface area contributed by atoms with Gasteiger partial charge in [0.05, 0.1) is 5.69 Å². The molecule has 2 aromatic heterocycles. The Hall–Kier alpha value is -3.28. The molecule has 0 aliphatic carbocycles. The van der Waals surface area contributed by atoms with Crippen LogP contribution in [0.1, 0.15) is 22.9 Å². The lowest BCUT2D eigenvalue weighted by atomic mass is 10.1. The van der Waals surface area contributed by atoms with E-state index in [4.69, 9.17) is 0 Å². The number of amides is 1. The molecule has 3 heterocycles. The molecule has 4 rings (SSSR count). The molecule has 0 saturated carbocycles. The maximum Gasteiger partial charge on any atom is 0.246 e. The summed E-state index contributed by atoms with van der Waals surface area (Å²) in [6, 6.07) is 15.9. The summed E-state index contributed by atoms with van der Waals surface area (Å²) in [6.07, 6.45) is 6.54. The van der Waals surface area contributed by atoms with Crippen molar-refractivity contribution in [1.82, 2.24) is 24.6 Å². The number of hydrogen-bond acceptors (Lipinski definition) is 4. The van der Waals surface area contributed by atoms with E-state index in [-0.39, 0.29) is 5.91 Å². The molecule has 1 aliphatic heterocycles. The van der Waals surface area contributed by atoms with Gasteiger partial charge < -0.3 is 9.47 Å². The molecule has 0 saturated heterocycles. The molecule has 0 spiro atoms. The summed E-state index contributed by atoms with van der Waals surface area (Å²) in [4.78, 5) is 18.6. The second-order valence-corrected chi connectivity index (χ2v) is 6.51. The first-order valence-electron chi connectivity index (χ1n) is 9.12. The molecular weight excluding hydrogens is 338 g/mol. The van der Waals surface area contributed by atoms with Crippen molar-refractivity contribution in [2.24, 2.45) is 0 Å². The number of nitrogens with zero attached hydrogens (tertiary/aromatic N) is 5. The average Bonchev–Trinajstić information content (AvgIpc) is 2.96. The molecule has 0 fully saturated rings. The molecule has 1 aliphatic rings. The number of benzene rings is 1. The fraction of sp³-hybridized carbons (Fsp3) is 0.238. The molecule has 1 amide bonds. The Labute approximate surface area is 158 Å². The minimum absolute atomic E-state index is 0.00368. The minimum atomic E-state index is 0.00368. The van der Waals surface area contributed by atoms with E-state index in [0.717, 1.165) is 23.8 Å². The van der Waals surface area contributed by atoms with Crippen LogP contribution in [0.3, 0.4) is 0 Å². The van der Waals surface area contributed by atoms with Crippen LogP contribution in [0.2, 0.25) is 0 Å². The first kappa shape index (κ1) is 17.1. The van der Waals surface area contributed by atoms with Crippen molar-refractivity contribution in [3.8, 4) is 0 Å². The van der Waals surface area contributed by atoms with E-state index >= 15 is 0 Å². The molecule has 27 heavy (non-hydrogen) atoms. The summed E-state index contributed by atoms with van der Waals surface area (Å²) >= 11 is 0. The fourth-order valence-corrected chi connectivity index (χ4v) is 3.25. The smallest absolute Gasteiger partial charge is 0.246 e. The third-order valence-corrected chi connectivity index (χ3v) is 4.70. The van der Waals surface area contributed by atoms with Gasteiger partial charge in [-0.3, -0.25) is 9.78 Å². The predicted octanol–water partition coefficient (Wildman–Crippen LogP) is 2.36. The topological polar surface area (TPSA) is 63.9 Å². The summed E-state index contributed by atoms with van der Waals surface area (Å²) in [6.45, 7) is 2.01. The van der Waals surface area contributed by atoms with Crippen LogP contribution in [-0.2, 0) is 24.2 Å². The van der Waals surface area contributed by atoms with Crippen LogP contribution in [-0.4, -0.2) is 43.6 Å². The lowest BCUT2D eigenvalue weighted by Gasteiger charge is -2.18. The van der Waals surface area contributed by atoms with Crippen LogP contribution < -0.4 is 0 Å². The highest BCUT2D eigenvalue weighted by atomic mass is 16.2. The minimum Gasteiger partial charge on any atom is -0.337 e. The van der Waals surface area contributed by atoms with Crippen LogP contribution in [0.4, 0.5) is 0 Å². The second-order valence-electron chi connectivity index (χ2n) is 6.51. The van der Waals surface area contributed by atoms with E-state index in [1.165, 1.54) is 5.56 Å². The molecule has 3 aromatic rings. The van der Waals surface area contributed by atoms with Crippen molar-refractivity contribution in [2.75, 3.05) is 13.1 Å². The molecule has 0 radical (unpaired) electrons. The summed E-state index contributed by atoms with van der Waals surface area (Å²) in [5, 5.41) is 8.72. The van der Waals surface area contributed by atoms with Gasteiger partial charge in [-0.1, -0.05) is 36.4 Å². The lowest BCUT2D eigenvalue weighted by molar-refractivity contribution is -0.125. The molecule has 0 N–H and O–H groups in total. The van der Waals surface area contributed by atoms with Gasteiger partial charge in [-0.2, -0.15) is 0 Å². The molecule has 1 aromatic carbocycles. The molecule has 6 nitrogen and oxygen atoms in total. The summed E-state index contributed by atoms with van der Waals surface area (Å²) in [5.74, 6) is 1.91. The Kier molecular flexibility index (Phi) is 5.05. The van der Waals surface area contributed by atoms with Crippen LogP contribution >= 0.6 is 0 Å². The van der Waals surface area contributed by atoms with Gasteiger partial charge in [-0.25, -0.2) is 0 Å². The standard InChI is InChI=1S/C21H21N5O/c27-21(10-9-18-8-4-5-12-22-18)25-13-11-19-23-24-20(26(19)15-14-25)16-17-6-2-1-3-7-17/h1-10,12H,11,13-16H2/b10-9+. The van der Waals surface area contributed by atoms with E-state index in [1.807, 2.05) is 41.3 Å². The summed E-state index contributed by atoms with van der Waals surface area (Å²) < 4.78 is 2.16. The van der Waals surface area contributed by atoms with E-state index in [9.17, 15) is 4.79 Å². The number of pyridine rings is 1. The van der Waals surface area contributed by atoms with Crippen molar-refractivity contribution >= 4 is 12.0 Å². The van der Waals surface area contributed by atoms with Gasteiger partial charge in [0.25, 0.3) is 0 Å². The van der Waals surface area contributed by atoms with Crippen LogP contribution in [0, 0.1) is 0 Å². The number of aromatic nitrogens is 4. The van der Waals surface area contributed by atoms with Gasteiger partial charge >= 0.3 is 0 Å². The number of fused-ring (bicyclic) bond motifs is 1. The molecule has 136 valence electrons. The van der Waals surface area contributed by atoms with Crippen LogP contribution in [0.15, 0.2) is 60.8 Å². The zero-order chi connectivity index (χ0) is 18.5. The monoisotopic (exact) mass is 359 g/mol. The zero-order valence-electron chi connectivity index (χ0n) is 15.0. The molecule has 6 heteroatoms. The Balaban J connectivity index is 1.43. The van der Waals surface area contributed by atoms with Gasteiger partial charge in [-0.05, 0) is 23.8 Å². The van der Waals surface area contributed by atoms with Gasteiger partial charge in [-0.15, -0.1) is 10.2 Å². The first-order valence-corrected chi connectivity index (χ1v) is 9.12. The zero-order valence-corrected chi connectivity index (χ0v) is 15.0. The third kappa shape index (κ3) is 4.11. The van der Waals surface area contributed by atoms with Gasteiger partial charge in [0.1, 0.15) is 11.6 Å². The van der Waals surface area contributed by atoms with Gasteiger partial charge in [0.2, 0.25) is 5.91 Å². The number of rotatable bonds is 4. The van der Waals surface area contributed by atoms with Crippen molar-refractivity contribution < 1.29 is 4.79 Å². The van der Waals surface area contributed by atoms with E-state index in [2.05, 4.69) is 31.9 Å². The predicted molar refractivity (Wildman–Crippen MR) is 103 cm³/mol. The Morgan fingerprint density at radius 3 is 2.67 bits per heavy atom. The highest BCUT2D eigenvalue weighted by molar-refractivity contribution is 5.91. The average molecular weight is 359 g/mol. The highest BCUT2D eigenvalue weighted by Crippen LogP contribution is 2.13. The van der Waals surface area contributed by atoms with E-state index < -0.39 is 0 Å². The molecule has 0 bridgehead atoms. The maximum absolute atomic E-state index is 12.5. The van der Waals surface area contributed by atoms with E-state index in [0.29, 0.717) is 26.1 Å². The molecule has 0 unspecified atom stereocenters. The number of carbonyl (C=O) groups is 1. The second kappa shape index (κ2) is 7.95. The third-order valence-electron chi connectivity index (χ3n) is 4.70.